The lowest BCUT2D eigenvalue weighted by atomic mass is 10.1. The van der Waals surface area contributed by atoms with Crippen LogP contribution in [0.1, 0.15) is 25.8 Å². The van der Waals surface area contributed by atoms with Gasteiger partial charge in [0.2, 0.25) is 0 Å². The molecule has 0 saturated heterocycles. The Morgan fingerprint density at radius 1 is 1.50 bits per heavy atom. The third kappa shape index (κ3) is 1.92. The lowest BCUT2D eigenvalue weighted by Crippen LogP contribution is -2.37. The summed E-state index contributed by atoms with van der Waals surface area (Å²) in [5.41, 5.74) is 2.37. The number of ether oxygens (including phenoxy) is 1. The zero-order valence-electron chi connectivity index (χ0n) is 10.2. The molecule has 1 aromatic carbocycles. The van der Waals surface area contributed by atoms with Crippen molar-refractivity contribution in [3.8, 4) is 5.75 Å². The minimum atomic E-state index is 0.309. The van der Waals surface area contributed by atoms with Gasteiger partial charge in [-0.05, 0) is 19.4 Å². The summed E-state index contributed by atoms with van der Waals surface area (Å²) in [7, 11) is 2.13. The number of rotatable bonds is 2. The molecule has 2 nitrogen and oxygen atoms in total. The van der Waals surface area contributed by atoms with E-state index in [0.717, 1.165) is 18.7 Å². The molecule has 0 bridgehead atoms. The van der Waals surface area contributed by atoms with E-state index < -0.39 is 0 Å². The quantitative estimate of drug-likeness (QED) is 0.753. The van der Waals surface area contributed by atoms with Gasteiger partial charge in [-0.3, -0.25) is 0 Å². The molecule has 1 unspecified atom stereocenters. The highest BCUT2D eigenvalue weighted by Gasteiger charge is 2.23. The van der Waals surface area contributed by atoms with Crippen LogP contribution in [0.15, 0.2) is 24.3 Å². The van der Waals surface area contributed by atoms with Crippen LogP contribution in [0.3, 0.4) is 0 Å². The lowest BCUT2D eigenvalue weighted by Gasteiger charge is -2.34. The molecule has 0 N–H and O–H groups in total. The largest absolute Gasteiger partial charge is 0.486 e. The monoisotopic (exact) mass is 217 g/mol. The molecule has 1 aliphatic heterocycles. The standard InChI is InChI=1S/C14H19NO/c1-4-7-11-8-6-9-13-14(11)16-12(5-2)10-15(13)3/h4,6-9,12H,5,10H2,1-3H3/b7-4-. The van der Waals surface area contributed by atoms with Crippen molar-refractivity contribution < 1.29 is 4.74 Å². The average Bonchev–Trinajstić information content (AvgIpc) is 2.30. The molecule has 0 radical (unpaired) electrons. The number of para-hydroxylation sites is 1. The van der Waals surface area contributed by atoms with Crippen LogP contribution >= 0.6 is 0 Å². The second-order valence-corrected chi connectivity index (χ2v) is 4.22. The normalized spacial score (nSPS) is 19.7. The van der Waals surface area contributed by atoms with E-state index in [2.05, 4.69) is 49.2 Å². The molecular weight excluding hydrogens is 198 g/mol. The first-order valence-electron chi connectivity index (χ1n) is 5.89. The van der Waals surface area contributed by atoms with Gasteiger partial charge in [0, 0.05) is 12.6 Å². The highest BCUT2D eigenvalue weighted by molar-refractivity contribution is 5.70. The smallest absolute Gasteiger partial charge is 0.150 e. The number of benzene rings is 1. The molecular formula is C14H19NO. The van der Waals surface area contributed by atoms with Crippen LogP contribution in [-0.2, 0) is 0 Å². The third-order valence-corrected chi connectivity index (χ3v) is 3.00. The molecule has 0 amide bonds. The minimum Gasteiger partial charge on any atom is -0.486 e. The summed E-state index contributed by atoms with van der Waals surface area (Å²) in [5, 5.41) is 0. The molecule has 2 heteroatoms. The number of hydrogen-bond donors (Lipinski definition) is 0. The molecule has 0 saturated carbocycles. The van der Waals surface area contributed by atoms with Crippen LogP contribution in [0.4, 0.5) is 5.69 Å². The highest BCUT2D eigenvalue weighted by Crippen LogP contribution is 2.36. The zero-order chi connectivity index (χ0) is 11.5. The van der Waals surface area contributed by atoms with Gasteiger partial charge in [-0.25, -0.2) is 0 Å². The Labute approximate surface area is 97.5 Å². The predicted octanol–water partition coefficient (Wildman–Crippen LogP) is 3.33. The van der Waals surface area contributed by atoms with E-state index in [4.69, 9.17) is 4.74 Å². The highest BCUT2D eigenvalue weighted by atomic mass is 16.5. The zero-order valence-corrected chi connectivity index (χ0v) is 10.2. The molecule has 1 aromatic rings. The SMILES string of the molecule is C/C=C\c1cccc2c1OC(CC)CN2C. The maximum Gasteiger partial charge on any atom is 0.150 e. The summed E-state index contributed by atoms with van der Waals surface area (Å²) in [4.78, 5) is 2.28. The number of fused-ring (bicyclic) bond motifs is 1. The third-order valence-electron chi connectivity index (χ3n) is 3.00. The van der Waals surface area contributed by atoms with Gasteiger partial charge in [0.05, 0.1) is 12.2 Å². The predicted molar refractivity (Wildman–Crippen MR) is 69.1 cm³/mol. The number of hydrogen-bond acceptors (Lipinski definition) is 2. The molecule has 1 aliphatic rings. The van der Waals surface area contributed by atoms with Gasteiger partial charge in [-0.15, -0.1) is 0 Å². The van der Waals surface area contributed by atoms with Crippen molar-refractivity contribution >= 4 is 11.8 Å². The van der Waals surface area contributed by atoms with Crippen molar-refractivity contribution in [3.05, 3.63) is 29.8 Å². The van der Waals surface area contributed by atoms with Crippen LogP contribution in [0, 0.1) is 0 Å². The first-order chi connectivity index (χ1) is 7.76. The topological polar surface area (TPSA) is 12.5 Å². The second kappa shape index (κ2) is 4.60. The fraction of sp³-hybridized carbons (Fsp3) is 0.429. The van der Waals surface area contributed by atoms with Crippen LogP contribution in [-0.4, -0.2) is 19.7 Å². The van der Waals surface area contributed by atoms with Crippen LogP contribution in [0.25, 0.3) is 6.08 Å². The summed E-state index contributed by atoms with van der Waals surface area (Å²) in [5.74, 6) is 1.03. The van der Waals surface area contributed by atoms with Crippen molar-refractivity contribution in [1.82, 2.24) is 0 Å². The van der Waals surface area contributed by atoms with Crippen molar-refractivity contribution in [2.24, 2.45) is 0 Å². The molecule has 0 spiro atoms. The van der Waals surface area contributed by atoms with Gasteiger partial charge in [0.15, 0.2) is 0 Å². The number of allylic oxidation sites excluding steroid dienone is 1. The van der Waals surface area contributed by atoms with Gasteiger partial charge in [-0.2, -0.15) is 0 Å². The fourth-order valence-corrected chi connectivity index (χ4v) is 2.10. The number of anilines is 1. The van der Waals surface area contributed by atoms with Crippen molar-refractivity contribution in [2.75, 3.05) is 18.5 Å². The van der Waals surface area contributed by atoms with Crippen molar-refractivity contribution in [1.29, 1.82) is 0 Å². The summed E-state index contributed by atoms with van der Waals surface area (Å²) in [6, 6.07) is 6.30. The van der Waals surface area contributed by atoms with E-state index in [1.54, 1.807) is 0 Å². The first kappa shape index (κ1) is 11.1. The summed E-state index contributed by atoms with van der Waals surface area (Å²) in [6.45, 7) is 5.17. The minimum absolute atomic E-state index is 0.309. The van der Waals surface area contributed by atoms with E-state index in [0.29, 0.717) is 6.10 Å². The van der Waals surface area contributed by atoms with Gasteiger partial charge in [-0.1, -0.05) is 31.2 Å². The van der Waals surface area contributed by atoms with E-state index >= 15 is 0 Å². The molecule has 86 valence electrons. The summed E-state index contributed by atoms with van der Waals surface area (Å²) in [6.07, 6.45) is 5.51. The van der Waals surface area contributed by atoms with Crippen molar-refractivity contribution in [3.63, 3.8) is 0 Å². The van der Waals surface area contributed by atoms with Gasteiger partial charge < -0.3 is 9.64 Å². The Hall–Kier alpha value is -1.44. The summed E-state index contributed by atoms with van der Waals surface area (Å²) >= 11 is 0. The first-order valence-corrected chi connectivity index (χ1v) is 5.89. The average molecular weight is 217 g/mol. The Morgan fingerprint density at radius 2 is 2.31 bits per heavy atom. The van der Waals surface area contributed by atoms with Gasteiger partial charge in [0.25, 0.3) is 0 Å². The molecule has 1 heterocycles. The van der Waals surface area contributed by atoms with Crippen LogP contribution in [0.5, 0.6) is 5.75 Å². The number of likely N-dealkylation sites (N-methyl/N-ethyl adjacent to an activating group) is 1. The molecule has 16 heavy (non-hydrogen) atoms. The van der Waals surface area contributed by atoms with Crippen LogP contribution < -0.4 is 9.64 Å². The second-order valence-electron chi connectivity index (χ2n) is 4.22. The van der Waals surface area contributed by atoms with E-state index in [9.17, 15) is 0 Å². The fourth-order valence-electron chi connectivity index (χ4n) is 2.10. The van der Waals surface area contributed by atoms with Crippen LogP contribution in [0.2, 0.25) is 0 Å². The number of nitrogens with zero attached hydrogens (tertiary/aromatic N) is 1. The lowest BCUT2D eigenvalue weighted by molar-refractivity contribution is 0.191. The summed E-state index contributed by atoms with van der Waals surface area (Å²) < 4.78 is 6.04. The van der Waals surface area contributed by atoms with Gasteiger partial charge in [0.1, 0.15) is 11.9 Å². The molecule has 2 rings (SSSR count). The maximum absolute atomic E-state index is 6.04. The Kier molecular flexibility index (Phi) is 3.18. The maximum atomic E-state index is 6.04. The van der Waals surface area contributed by atoms with Gasteiger partial charge >= 0.3 is 0 Å². The van der Waals surface area contributed by atoms with Crippen molar-refractivity contribution in [2.45, 2.75) is 26.4 Å². The Balaban J connectivity index is 2.43. The van der Waals surface area contributed by atoms with E-state index in [-0.39, 0.29) is 0 Å². The molecule has 1 atom stereocenters. The molecule has 0 aromatic heterocycles. The Morgan fingerprint density at radius 3 is 3.00 bits per heavy atom. The molecule has 0 fully saturated rings. The van der Waals surface area contributed by atoms with E-state index in [1.165, 1.54) is 11.3 Å². The molecule has 0 aliphatic carbocycles. The Bertz CT molecular complexity index is 398. The van der Waals surface area contributed by atoms with E-state index in [1.807, 2.05) is 6.92 Å².